The van der Waals surface area contributed by atoms with Gasteiger partial charge < -0.3 is 9.47 Å². The molecule has 2 saturated heterocycles. The second-order valence-electron chi connectivity index (χ2n) is 4.92. The third kappa shape index (κ3) is 2.56. The topological polar surface area (TPSA) is 42.5 Å². The van der Waals surface area contributed by atoms with Gasteiger partial charge in [0.2, 0.25) is 0 Å². The molecule has 5 unspecified atom stereocenters. The molecule has 0 aromatic rings. The van der Waals surface area contributed by atoms with Crippen LogP contribution >= 0.6 is 0 Å². The summed E-state index contributed by atoms with van der Waals surface area (Å²) in [5, 5.41) is 7.01. The van der Waals surface area contributed by atoms with Crippen molar-refractivity contribution in [3.8, 4) is 0 Å². The molecule has 16 heavy (non-hydrogen) atoms. The lowest BCUT2D eigenvalue weighted by Crippen LogP contribution is -2.45. The zero-order chi connectivity index (χ0) is 11.5. The van der Waals surface area contributed by atoms with Gasteiger partial charge in [-0.05, 0) is 19.8 Å². The fourth-order valence-electron chi connectivity index (χ4n) is 2.49. The minimum atomic E-state index is 0.146. The number of hydrogen-bond donors (Lipinski definition) is 2. The van der Waals surface area contributed by atoms with Crippen molar-refractivity contribution in [2.75, 3.05) is 13.2 Å². The number of hydrogen-bond acceptors (Lipinski definition) is 4. The fourth-order valence-corrected chi connectivity index (χ4v) is 2.49. The summed E-state index contributed by atoms with van der Waals surface area (Å²) >= 11 is 0. The summed E-state index contributed by atoms with van der Waals surface area (Å²) < 4.78 is 11.6. The minimum Gasteiger partial charge on any atom is -0.361 e. The Bertz CT molecular complexity index is 225. The molecule has 0 bridgehead atoms. The molecule has 2 aliphatic rings. The third-order valence-electron chi connectivity index (χ3n) is 3.59. The highest BCUT2D eigenvalue weighted by molar-refractivity contribution is 4.86. The van der Waals surface area contributed by atoms with Gasteiger partial charge in [-0.2, -0.15) is 0 Å². The summed E-state index contributed by atoms with van der Waals surface area (Å²) in [7, 11) is 0. The van der Waals surface area contributed by atoms with Gasteiger partial charge in [0, 0.05) is 18.0 Å². The van der Waals surface area contributed by atoms with Crippen molar-refractivity contribution >= 4 is 0 Å². The van der Waals surface area contributed by atoms with Crippen molar-refractivity contribution in [2.45, 2.75) is 58.2 Å². The van der Waals surface area contributed by atoms with E-state index in [1.807, 2.05) is 0 Å². The Morgan fingerprint density at radius 3 is 2.31 bits per heavy atom. The van der Waals surface area contributed by atoms with Crippen molar-refractivity contribution in [3.63, 3.8) is 0 Å². The predicted octanol–water partition coefficient (Wildman–Crippen LogP) is 1.07. The molecule has 2 aliphatic heterocycles. The Balaban J connectivity index is 1.90. The highest BCUT2D eigenvalue weighted by atomic mass is 16.5. The van der Waals surface area contributed by atoms with Crippen molar-refractivity contribution in [3.05, 3.63) is 0 Å². The lowest BCUT2D eigenvalue weighted by molar-refractivity contribution is -0.0338. The van der Waals surface area contributed by atoms with Crippen molar-refractivity contribution in [1.82, 2.24) is 10.6 Å². The Labute approximate surface area is 98.1 Å². The van der Waals surface area contributed by atoms with Gasteiger partial charge in [-0.3, -0.25) is 10.6 Å². The lowest BCUT2D eigenvalue weighted by atomic mass is 10.0. The molecule has 2 heterocycles. The van der Waals surface area contributed by atoms with E-state index in [1.54, 1.807) is 0 Å². The first-order valence-electron chi connectivity index (χ1n) is 6.49. The van der Waals surface area contributed by atoms with Crippen LogP contribution in [0.4, 0.5) is 0 Å². The van der Waals surface area contributed by atoms with Crippen LogP contribution < -0.4 is 10.6 Å². The molecule has 0 aliphatic carbocycles. The molecule has 4 nitrogen and oxygen atoms in total. The van der Waals surface area contributed by atoms with Crippen LogP contribution in [0.15, 0.2) is 0 Å². The van der Waals surface area contributed by atoms with Crippen LogP contribution in [0.5, 0.6) is 0 Å². The zero-order valence-corrected chi connectivity index (χ0v) is 10.5. The first-order chi connectivity index (χ1) is 7.74. The number of nitrogens with one attached hydrogen (secondary N) is 2. The summed E-state index contributed by atoms with van der Waals surface area (Å²) in [6, 6.07) is 0.973. The highest BCUT2D eigenvalue weighted by Crippen LogP contribution is 2.23. The van der Waals surface area contributed by atoms with E-state index in [0.717, 1.165) is 26.1 Å². The van der Waals surface area contributed by atoms with Gasteiger partial charge in [-0.15, -0.1) is 0 Å². The molecule has 5 atom stereocenters. The van der Waals surface area contributed by atoms with Crippen molar-refractivity contribution in [1.29, 1.82) is 0 Å². The molecule has 0 saturated carbocycles. The van der Waals surface area contributed by atoms with E-state index in [0.29, 0.717) is 18.0 Å². The zero-order valence-electron chi connectivity index (χ0n) is 10.5. The van der Waals surface area contributed by atoms with Gasteiger partial charge in [0.25, 0.3) is 0 Å². The first kappa shape index (κ1) is 12.3. The maximum atomic E-state index is 5.83. The van der Waals surface area contributed by atoms with E-state index in [9.17, 15) is 0 Å². The summed E-state index contributed by atoms with van der Waals surface area (Å²) in [6.45, 7) is 8.19. The number of rotatable bonds is 4. The molecular formula is C12H24N2O2. The molecular weight excluding hydrogens is 204 g/mol. The molecule has 94 valence electrons. The van der Waals surface area contributed by atoms with Gasteiger partial charge in [-0.25, -0.2) is 0 Å². The van der Waals surface area contributed by atoms with Gasteiger partial charge in [-0.1, -0.05) is 13.8 Å². The molecule has 2 N–H and O–H groups in total. The van der Waals surface area contributed by atoms with Crippen LogP contribution in [-0.4, -0.2) is 37.8 Å². The molecule has 0 radical (unpaired) electrons. The SMILES string of the molecule is CCC1COC(C(CC)C2NC(C)CO2)N1. The first-order valence-corrected chi connectivity index (χ1v) is 6.49. The predicted molar refractivity (Wildman–Crippen MR) is 63.1 cm³/mol. The molecule has 4 heteroatoms. The summed E-state index contributed by atoms with van der Waals surface area (Å²) in [4.78, 5) is 0. The Morgan fingerprint density at radius 2 is 1.81 bits per heavy atom. The molecule has 0 amide bonds. The normalized spacial score (nSPS) is 41.4. The van der Waals surface area contributed by atoms with Gasteiger partial charge >= 0.3 is 0 Å². The maximum absolute atomic E-state index is 5.83. The minimum absolute atomic E-state index is 0.146. The smallest absolute Gasteiger partial charge is 0.115 e. The summed E-state index contributed by atoms with van der Waals surface area (Å²) in [6.07, 6.45) is 2.49. The Hall–Kier alpha value is -0.160. The average molecular weight is 228 g/mol. The Morgan fingerprint density at radius 1 is 1.12 bits per heavy atom. The highest BCUT2D eigenvalue weighted by Gasteiger charge is 2.37. The van der Waals surface area contributed by atoms with Crippen LogP contribution in [0.1, 0.15) is 33.6 Å². The van der Waals surface area contributed by atoms with Crippen LogP contribution in [0, 0.1) is 5.92 Å². The number of ether oxygens (including phenoxy) is 2. The van der Waals surface area contributed by atoms with E-state index in [4.69, 9.17) is 9.47 Å². The second-order valence-corrected chi connectivity index (χ2v) is 4.92. The van der Waals surface area contributed by atoms with Gasteiger partial charge in [0.15, 0.2) is 0 Å². The second kappa shape index (κ2) is 5.45. The standard InChI is InChI=1S/C12H24N2O2/c1-4-9-7-16-12(14-9)10(5-2)11-13-8(3)6-15-11/h8-14H,4-7H2,1-3H3. The molecule has 2 fully saturated rings. The van der Waals surface area contributed by atoms with Crippen LogP contribution in [0.3, 0.4) is 0 Å². The Kier molecular flexibility index (Phi) is 4.19. The van der Waals surface area contributed by atoms with Crippen LogP contribution in [0.25, 0.3) is 0 Å². The third-order valence-corrected chi connectivity index (χ3v) is 3.59. The summed E-state index contributed by atoms with van der Waals surface area (Å²) in [5.74, 6) is 0.404. The molecule has 2 rings (SSSR count). The van der Waals surface area contributed by atoms with E-state index in [2.05, 4.69) is 31.4 Å². The molecule has 0 aromatic carbocycles. The molecule has 0 spiro atoms. The van der Waals surface area contributed by atoms with Gasteiger partial charge in [0.1, 0.15) is 12.5 Å². The van der Waals surface area contributed by atoms with E-state index >= 15 is 0 Å². The quantitative estimate of drug-likeness (QED) is 0.755. The van der Waals surface area contributed by atoms with Crippen molar-refractivity contribution < 1.29 is 9.47 Å². The van der Waals surface area contributed by atoms with Crippen LogP contribution in [0.2, 0.25) is 0 Å². The fraction of sp³-hybridized carbons (Fsp3) is 1.00. The van der Waals surface area contributed by atoms with E-state index in [1.165, 1.54) is 0 Å². The average Bonchev–Trinajstić information content (AvgIpc) is 2.89. The van der Waals surface area contributed by atoms with E-state index in [-0.39, 0.29) is 12.5 Å². The largest absolute Gasteiger partial charge is 0.361 e. The maximum Gasteiger partial charge on any atom is 0.115 e. The van der Waals surface area contributed by atoms with Crippen LogP contribution in [-0.2, 0) is 9.47 Å². The monoisotopic (exact) mass is 228 g/mol. The van der Waals surface area contributed by atoms with Gasteiger partial charge in [0.05, 0.1) is 13.2 Å². The summed E-state index contributed by atoms with van der Waals surface area (Å²) in [5.41, 5.74) is 0. The molecule has 0 aromatic heterocycles. The van der Waals surface area contributed by atoms with Crippen molar-refractivity contribution in [2.24, 2.45) is 5.92 Å². The lowest BCUT2D eigenvalue weighted by Gasteiger charge is -2.27. The van der Waals surface area contributed by atoms with E-state index < -0.39 is 0 Å².